The SMILES string of the molecule is Cc1cc(N2CCN(C(=O)c3c[nH]c(=O)c(Cl)c3)CC2)cc(C)n1. The Morgan fingerprint density at radius 1 is 1.12 bits per heavy atom. The summed E-state index contributed by atoms with van der Waals surface area (Å²) in [4.78, 5) is 34.7. The third-order valence-corrected chi connectivity index (χ3v) is 4.38. The normalized spacial score (nSPS) is 14.8. The first-order valence-electron chi connectivity index (χ1n) is 7.82. The molecule has 0 aromatic carbocycles. The number of nitrogens with zero attached hydrogens (tertiary/aromatic N) is 3. The highest BCUT2D eigenvalue weighted by Crippen LogP contribution is 2.19. The summed E-state index contributed by atoms with van der Waals surface area (Å²) in [5, 5.41) is 0.0298. The van der Waals surface area contributed by atoms with Gasteiger partial charge in [0.05, 0.1) is 5.56 Å². The van der Waals surface area contributed by atoms with Crippen LogP contribution in [0.3, 0.4) is 0 Å². The van der Waals surface area contributed by atoms with E-state index in [0.29, 0.717) is 18.7 Å². The van der Waals surface area contributed by atoms with Crippen LogP contribution in [0.4, 0.5) is 5.69 Å². The van der Waals surface area contributed by atoms with Crippen molar-refractivity contribution in [2.45, 2.75) is 13.8 Å². The van der Waals surface area contributed by atoms with Gasteiger partial charge in [-0.05, 0) is 32.0 Å². The lowest BCUT2D eigenvalue weighted by atomic mass is 10.2. The van der Waals surface area contributed by atoms with Gasteiger partial charge in [-0.3, -0.25) is 14.6 Å². The van der Waals surface area contributed by atoms with Gasteiger partial charge in [-0.1, -0.05) is 11.6 Å². The standard InChI is InChI=1S/C17H19ClN4O2/c1-11-7-14(8-12(2)20-11)21-3-5-22(6-4-21)17(24)13-9-15(18)16(23)19-10-13/h7-10H,3-6H2,1-2H3,(H,19,23). The van der Waals surface area contributed by atoms with Gasteiger partial charge < -0.3 is 14.8 Å². The molecule has 0 bridgehead atoms. The van der Waals surface area contributed by atoms with E-state index in [1.54, 1.807) is 4.90 Å². The summed E-state index contributed by atoms with van der Waals surface area (Å²) in [5.74, 6) is -0.116. The Hall–Kier alpha value is -2.34. The van der Waals surface area contributed by atoms with E-state index in [4.69, 9.17) is 11.6 Å². The van der Waals surface area contributed by atoms with Crippen LogP contribution >= 0.6 is 11.6 Å². The molecule has 1 amide bonds. The van der Waals surface area contributed by atoms with Gasteiger partial charge in [0.2, 0.25) is 0 Å². The number of H-pyrrole nitrogens is 1. The Balaban J connectivity index is 1.69. The summed E-state index contributed by atoms with van der Waals surface area (Å²) >= 11 is 5.80. The van der Waals surface area contributed by atoms with Crippen LogP contribution < -0.4 is 10.5 Å². The lowest BCUT2D eigenvalue weighted by molar-refractivity contribution is 0.0746. The molecule has 1 fully saturated rings. The van der Waals surface area contributed by atoms with E-state index in [-0.39, 0.29) is 16.5 Å². The maximum absolute atomic E-state index is 12.5. The number of hydrogen-bond acceptors (Lipinski definition) is 4. The second kappa shape index (κ2) is 6.65. The molecule has 7 heteroatoms. The first kappa shape index (κ1) is 16.5. The van der Waals surface area contributed by atoms with Gasteiger partial charge in [0, 0.05) is 49.5 Å². The molecule has 2 aromatic rings. The predicted octanol–water partition coefficient (Wildman–Crippen LogP) is 2.00. The van der Waals surface area contributed by atoms with Crippen molar-refractivity contribution in [2.75, 3.05) is 31.1 Å². The number of carbonyl (C=O) groups excluding carboxylic acids is 1. The Labute approximate surface area is 145 Å². The smallest absolute Gasteiger partial charge is 0.266 e. The van der Waals surface area contributed by atoms with E-state index >= 15 is 0 Å². The van der Waals surface area contributed by atoms with Crippen molar-refractivity contribution < 1.29 is 4.79 Å². The molecule has 0 unspecified atom stereocenters. The van der Waals surface area contributed by atoms with Gasteiger partial charge >= 0.3 is 0 Å². The van der Waals surface area contributed by atoms with Crippen molar-refractivity contribution in [1.82, 2.24) is 14.9 Å². The number of carbonyl (C=O) groups is 1. The molecular formula is C17H19ClN4O2. The van der Waals surface area contributed by atoms with Crippen molar-refractivity contribution in [3.05, 3.63) is 56.7 Å². The lowest BCUT2D eigenvalue weighted by Gasteiger charge is -2.36. The van der Waals surface area contributed by atoms with Crippen LogP contribution in [-0.4, -0.2) is 47.0 Å². The van der Waals surface area contributed by atoms with Gasteiger partial charge in [0.25, 0.3) is 11.5 Å². The zero-order chi connectivity index (χ0) is 17.3. The number of aromatic nitrogens is 2. The van der Waals surface area contributed by atoms with E-state index in [9.17, 15) is 9.59 Å². The molecule has 0 radical (unpaired) electrons. The largest absolute Gasteiger partial charge is 0.368 e. The van der Waals surface area contributed by atoms with E-state index in [2.05, 4.69) is 27.0 Å². The number of aromatic amines is 1. The van der Waals surface area contributed by atoms with Gasteiger partial charge in [-0.15, -0.1) is 0 Å². The first-order chi connectivity index (χ1) is 11.4. The molecule has 1 aliphatic rings. The van der Waals surface area contributed by atoms with Gasteiger partial charge in [-0.2, -0.15) is 0 Å². The fourth-order valence-electron chi connectivity index (χ4n) is 2.92. The topological polar surface area (TPSA) is 69.3 Å². The van der Waals surface area contributed by atoms with Gasteiger partial charge in [0.15, 0.2) is 0 Å². The number of nitrogens with one attached hydrogen (secondary N) is 1. The zero-order valence-electron chi connectivity index (χ0n) is 13.7. The van der Waals surface area contributed by atoms with Crippen molar-refractivity contribution in [1.29, 1.82) is 0 Å². The van der Waals surface area contributed by atoms with Crippen LogP contribution in [0.5, 0.6) is 0 Å². The molecule has 6 nitrogen and oxygen atoms in total. The molecule has 1 aliphatic heterocycles. The Morgan fingerprint density at radius 2 is 1.75 bits per heavy atom. The summed E-state index contributed by atoms with van der Waals surface area (Å²) in [5.41, 5.74) is 3.14. The van der Waals surface area contributed by atoms with E-state index < -0.39 is 0 Å². The number of amides is 1. The molecule has 0 spiro atoms. The summed E-state index contributed by atoms with van der Waals surface area (Å²) in [7, 11) is 0. The van der Waals surface area contributed by atoms with Crippen LogP contribution in [0, 0.1) is 13.8 Å². The number of aryl methyl sites for hydroxylation is 2. The molecule has 126 valence electrons. The van der Waals surface area contributed by atoms with Crippen LogP contribution in [0.25, 0.3) is 0 Å². The van der Waals surface area contributed by atoms with Crippen molar-refractivity contribution >= 4 is 23.2 Å². The molecule has 3 heterocycles. The zero-order valence-corrected chi connectivity index (χ0v) is 14.4. The van der Waals surface area contributed by atoms with E-state index in [0.717, 1.165) is 30.2 Å². The number of halogens is 1. The van der Waals surface area contributed by atoms with Crippen molar-refractivity contribution in [3.63, 3.8) is 0 Å². The maximum Gasteiger partial charge on any atom is 0.266 e. The van der Waals surface area contributed by atoms with Crippen molar-refractivity contribution in [2.24, 2.45) is 0 Å². The Kier molecular flexibility index (Phi) is 4.57. The van der Waals surface area contributed by atoms with E-state index in [1.807, 2.05) is 13.8 Å². The average molecular weight is 347 g/mol. The third-order valence-electron chi connectivity index (χ3n) is 4.10. The third kappa shape index (κ3) is 3.43. The van der Waals surface area contributed by atoms with Crippen molar-refractivity contribution in [3.8, 4) is 0 Å². The minimum atomic E-state index is -0.388. The van der Waals surface area contributed by atoms with Crippen LogP contribution in [0.15, 0.2) is 29.2 Å². The monoisotopic (exact) mass is 346 g/mol. The number of rotatable bonds is 2. The number of piperazine rings is 1. The summed E-state index contributed by atoms with van der Waals surface area (Å²) in [6.45, 7) is 6.72. The molecule has 3 rings (SSSR count). The quantitative estimate of drug-likeness (QED) is 0.903. The second-order valence-electron chi connectivity index (χ2n) is 5.95. The Bertz CT molecular complexity index is 805. The molecule has 1 N–H and O–H groups in total. The number of anilines is 1. The summed E-state index contributed by atoms with van der Waals surface area (Å²) in [6.07, 6.45) is 1.42. The molecule has 2 aromatic heterocycles. The molecule has 0 atom stereocenters. The molecule has 0 aliphatic carbocycles. The minimum absolute atomic E-state index is 0.0298. The van der Waals surface area contributed by atoms with Gasteiger partial charge in [-0.25, -0.2) is 0 Å². The van der Waals surface area contributed by atoms with Crippen LogP contribution in [0.2, 0.25) is 5.02 Å². The highest BCUT2D eigenvalue weighted by atomic mass is 35.5. The van der Waals surface area contributed by atoms with Crippen LogP contribution in [0.1, 0.15) is 21.7 Å². The number of hydrogen-bond donors (Lipinski definition) is 1. The fourth-order valence-corrected chi connectivity index (χ4v) is 3.10. The minimum Gasteiger partial charge on any atom is -0.368 e. The molecular weight excluding hydrogens is 328 g/mol. The highest BCUT2D eigenvalue weighted by molar-refractivity contribution is 6.30. The van der Waals surface area contributed by atoms with Gasteiger partial charge in [0.1, 0.15) is 5.02 Å². The second-order valence-corrected chi connectivity index (χ2v) is 6.36. The predicted molar refractivity (Wildman–Crippen MR) is 93.9 cm³/mol. The molecule has 1 saturated heterocycles. The molecule has 24 heavy (non-hydrogen) atoms. The van der Waals surface area contributed by atoms with E-state index in [1.165, 1.54) is 12.3 Å². The Morgan fingerprint density at radius 3 is 2.33 bits per heavy atom. The summed E-state index contributed by atoms with van der Waals surface area (Å²) < 4.78 is 0. The average Bonchev–Trinajstić information content (AvgIpc) is 2.56. The lowest BCUT2D eigenvalue weighted by Crippen LogP contribution is -2.49. The fraction of sp³-hybridized carbons (Fsp3) is 0.353. The number of pyridine rings is 2. The maximum atomic E-state index is 12.5. The molecule has 0 saturated carbocycles. The highest BCUT2D eigenvalue weighted by Gasteiger charge is 2.23. The first-order valence-corrected chi connectivity index (χ1v) is 8.19. The van der Waals surface area contributed by atoms with Crippen LogP contribution in [-0.2, 0) is 0 Å². The summed E-state index contributed by atoms with van der Waals surface area (Å²) in [6, 6.07) is 5.54.